The van der Waals surface area contributed by atoms with Gasteiger partial charge in [-0.3, -0.25) is 4.79 Å². The summed E-state index contributed by atoms with van der Waals surface area (Å²) >= 11 is 0. The third-order valence-electron chi connectivity index (χ3n) is 4.74. The molecule has 1 aliphatic heterocycles. The molecule has 2 rings (SSSR count). The van der Waals surface area contributed by atoms with Crippen molar-refractivity contribution in [3.8, 4) is 0 Å². The van der Waals surface area contributed by atoms with E-state index in [1.165, 1.54) is 12.1 Å². The van der Waals surface area contributed by atoms with Crippen molar-refractivity contribution < 1.29 is 27.4 Å². The second-order valence-electron chi connectivity index (χ2n) is 7.45. The third-order valence-corrected chi connectivity index (χ3v) is 6.25. The predicted molar refractivity (Wildman–Crippen MR) is 106 cm³/mol. The van der Waals surface area contributed by atoms with Gasteiger partial charge in [0.15, 0.2) is 0 Å². The molecule has 0 aliphatic carbocycles. The largest absolute Gasteiger partial charge is 0.394 e. The van der Waals surface area contributed by atoms with Crippen molar-refractivity contribution in [1.29, 1.82) is 0 Å². The fourth-order valence-electron chi connectivity index (χ4n) is 3.20. The maximum absolute atomic E-state index is 13.0. The summed E-state index contributed by atoms with van der Waals surface area (Å²) in [5, 5.41) is 12.5. The third kappa shape index (κ3) is 7.63. The number of carbonyl (C=O) groups excluding carboxylic acids is 1. The Morgan fingerprint density at radius 2 is 1.97 bits per heavy atom. The van der Waals surface area contributed by atoms with Crippen molar-refractivity contribution in [3.63, 3.8) is 0 Å². The van der Waals surface area contributed by atoms with Gasteiger partial charge in [0.1, 0.15) is 5.82 Å². The summed E-state index contributed by atoms with van der Waals surface area (Å²) in [5.74, 6) is -0.656. The Balaban J connectivity index is 1.85. The van der Waals surface area contributed by atoms with Crippen molar-refractivity contribution in [3.05, 3.63) is 30.1 Å². The van der Waals surface area contributed by atoms with Crippen molar-refractivity contribution in [2.75, 3.05) is 33.8 Å². The van der Waals surface area contributed by atoms with Gasteiger partial charge in [-0.1, -0.05) is 0 Å². The van der Waals surface area contributed by atoms with Crippen LogP contribution in [0.4, 0.5) is 4.39 Å². The molecular weight excluding hydrogens is 401 g/mol. The number of aliphatic hydroxyl groups excluding tert-OH is 1. The molecule has 0 bridgehead atoms. The Bertz CT molecular complexity index is 758. The molecule has 1 heterocycles. The molecule has 29 heavy (non-hydrogen) atoms. The predicted octanol–water partition coefficient (Wildman–Crippen LogP) is 0.471. The van der Waals surface area contributed by atoms with Gasteiger partial charge in [0.05, 0.1) is 36.2 Å². The number of nitrogens with one attached hydrogen (secondary N) is 2. The fourth-order valence-corrected chi connectivity index (χ4v) is 4.50. The highest BCUT2D eigenvalue weighted by atomic mass is 32.2. The first-order valence-corrected chi connectivity index (χ1v) is 11.1. The SMILES string of the molecule is CN(C)CCCNC(=O)C[C@H]1CC[C@@H](NS(=O)(=O)c2ccc(F)cc2)[C@H](CO)O1. The van der Waals surface area contributed by atoms with E-state index in [1.54, 1.807) is 0 Å². The van der Waals surface area contributed by atoms with Crippen LogP contribution in [0.3, 0.4) is 0 Å². The highest BCUT2D eigenvalue weighted by Crippen LogP contribution is 2.23. The van der Waals surface area contributed by atoms with Crippen LogP contribution in [0.25, 0.3) is 0 Å². The Hall–Kier alpha value is -1.59. The zero-order valence-corrected chi connectivity index (χ0v) is 17.6. The molecule has 0 radical (unpaired) electrons. The van der Waals surface area contributed by atoms with Crippen LogP contribution in [-0.2, 0) is 19.6 Å². The van der Waals surface area contributed by atoms with Gasteiger partial charge in [-0.05, 0) is 64.2 Å². The number of aliphatic hydroxyl groups is 1. The fraction of sp³-hybridized carbons (Fsp3) is 0.632. The van der Waals surface area contributed by atoms with Gasteiger partial charge in [-0.15, -0.1) is 0 Å². The average molecular weight is 432 g/mol. The second kappa shape index (κ2) is 11.0. The number of hydrogen-bond donors (Lipinski definition) is 3. The zero-order valence-electron chi connectivity index (χ0n) is 16.8. The van der Waals surface area contributed by atoms with E-state index >= 15 is 0 Å². The number of ether oxygens (including phenoxy) is 1. The molecule has 1 aromatic carbocycles. The van der Waals surface area contributed by atoms with Crippen LogP contribution in [0.1, 0.15) is 25.7 Å². The Morgan fingerprint density at radius 1 is 1.28 bits per heavy atom. The molecule has 8 nitrogen and oxygen atoms in total. The summed E-state index contributed by atoms with van der Waals surface area (Å²) in [6, 6.07) is 3.87. The van der Waals surface area contributed by atoms with E-state index in [2.05, 4.69) is 10.0 Å². The van der Waals surface area contributed by atoms with E-state index in [-0.39, 0.29) is 29.9 Å². The van der Waals surface area contributed by atoms with Gasteiger partial charge >= 0.3 is 0 Å². The second-order valence-corrected chi connectivity index (χ2v) is 9.16. The van der Waals surface area contributed by atoms with Gasteiger partial charge in [0.25, 0.3) is 0 Å². The number of halogens is 1. The molecule has 1 aromatic rings. The summed E-state index contributed by atoms with van der Waals surface area (Å²) in [5.41, 5.74) is 0. The Labute approximate surface area is 171 Å². The molecule has 1 saturated heterocycles. The van der Waals surface area contributed by atoms with Crippen LogP contribution in [0.2, 0.25) is 0 Å². The molecular formula is C19H30FN3O5S. The van der Waals surface area contributed by atoms with Crippen molar-refractivity contribution >= 4 is 15.9 Å². The topological polar surface area (TPSA) is 108 Å². The van der Waals surface area contributed by atoms with Gasteiger partial charge < -0.3 is 20.1 Å². The van der Waals surface area contributed by atoms with Crippen LogP contribution in [0, 0.1) is 5.82 Å². The van der Waals surface area contributed by atoms with Crippen molar-refractivity contribution in [2.45, 2.75) is 48.8 Å². The average Bonchev–Trinajstić information content (AvgIpc) is 2.66. The Kier molecular flexibility index (Phi) is 8.97. The standard InChI is InChI=1S/C19H30FN3O5S/c1-23(2)11-3-10-21-19(25)12-15-6-9-17(18(13-24)28-15)22-29(26,27)16-7-4-14(20)5-8-16/h4-5,7-8,15,17-18,22,24H,3,6,9-13H2,1-2H3,(H,21,25)/t15-,17-,18+/m1/s1. The number of amides is 1. The molecule has 1 fully saturated rings. The molecule has 0 spiro atoms. The van der Waals surface area contributed by atoms with E-state index in [4.69, 9.17) is 4.74 Å². The summed E-state index contributed by atoms with van der Waals surface area (Å²) in [4.78, 5) is 14.0. The van der Waals surface area contributed by atoms with Gasteiger partial charge in [0, 0.05) is 6.54 Å². The van der Waals surface area contributed by atoms with Crippen LogP contribution < -0.4 is 10.0 Å². The lowest BCUT2D eigenvalue weighted by molar-refractivity contribution is -0.130. The molecule has 0 aromatic heterocycles. The van der Waals surface area contributed by atoms with Crippen LogP contribution in [-0.4, -0.2) is 76.4 Å². The van der Waals surface area contributed by atoms with Gasteiger partial charge in [-0.2, -0.15) is 0 Å². The number of carbonyl (C=O) groups is 1. The molecule has 1 amide bonds. The van der Waals surface area contributed by atoms with Crippen molar-refractivity contribution in [2.24, 2.45) is 0 Å². The smallest absolute Gasteiger partial charge is 0.240 e. The number of rotatable bonds is 10. The summed E-state index contributed by atoms with van der Waals surface area (Å²) in [7, 11) is 0.0582. The van der Waals surface area contributed by atoms with E-state index in [9.17, 15) is 22.7 Å². The highest BCUT2D eigenvalue weighted by Gasteiger charge is 2.34. The maximum Gasteiger partial charge on any atom is 0.240 e. The molecule has 0 saturated carbocycles. The number of benzene rings is 1. The lowest BCUT2D eigenvalue weighted by atomic mass is 9.98. The zero-order chi connectivity index (χ0) is 21.4. The van der Waals surface area contributed by atoms with E-state index in [0.717, 1.165) is 25.1 Å². The maximum atomic E-state index is 13.0. The minimum absolute atomic E-state index is 0.0604. The van der Waals surface area contributed by atoms with E-state index in [1.807, 2.05) is 19.0 Å². The number of nitrogens with zero attached hydrogens (tertiary/aromatic N) is 1. The number of hydrogen-bond acceptors (Lipinski definition) is 6. The number of sulfonamides is 1. The highest BCUT2D eigenvalue weighted by molar-refractivity contribution is 7.89. The first kappa shape index (κ1) is 23.7. The summed E-state index contributed by atoms with van der Waals surface area (Å²) in [6.07, 6.45) is 0.771. The molecule has 1 aliphatic rings. The van der Waals surface area contributed by atoms with Crippen LogP contribution >= 0.6 is 0 Å². The van der Waals surface area contributed by atoms with E-state index in [0.29, 0.717) is 19.4 Å². The minimum atomic E-state index is -3.87. The molecule has 3 atom stereocenters. The molecule has 10 heteroatoms. The lowest BCUT2D eigenvalue weighted by Gasteiger charge is -2.35. The quantitative estimate of drug-likeness (QED) is 0.465. The first-order chi connectivity index (χ1) is 13.7. The molecule has 3 N–H and O–H groups in total. The summed E-state index contributed by atoms with van der Waals surface area (Å²) < 4.78 is 46.3. The Morgan fingerprint density at radius 3 is 2.59 bits per heavy atom. The van der Waals surface area contributed by atoms with Gasteiger partial charge in [-0.25, -0.2) is 17.5 Å². The van der Waals surface area contributed by atoms with Gasteiger partial charge in [0.2, 0.25) is 15.9 Å². The summed E-state index contributed by atoms with van der Waals surface area (Å²) in [6.45, 7) is 1.08. The normalized spacial score (nSPS) is 22.6. The first-order valence-electron chi connectivity index (χ1n) is 9.67. The van der Waals surface area contributed by atoms with E-state index < -0.39 is 28.0 Å². The van der Waals surface area contributed by atoms with Crippen LogP contribution in [0.15, 0.2) is 29.2 Å². The molecule has 0 unspecified atom stereocenters. The monoisotopic (exact) mass is 431 g/mol. The van der Waals surface area contributed by atoms with Crippen molar-refractivity contribution in [1.82, 2.24) is 14.9 Å². The van der Waals surface area contributed by atoms with Crippen LogP contribution in [0.5, 0.6) is 0 Å². The lowest BCUT2D eigenvalue weighted by Crippen LogP contribution is -2.51. The molecule has 164 valence electrons. The minimum Gasteiger partial charge on any atom is -0.394 e.